The molecule has 0 fully saturated rings. The van der Waals surface area contributed by atoms with Crippen molar-refractivity contribution in [2.75, 3.05) is 6.61 Å². The molecule has 0 aliphatic carbocycles. The minimum atomic E-state index is -0.469. The van der Waals surface area contributed by atoms with Crippen LogP contribution >= 0.6 is 11.6 Å². The van der Waals surface area contributed by atoms with E-state index in [1.54, 1.807) is 26.0 Å². The fraction of sp³-hybridized carbons (Fsp3) is 0.333. The molecule has 4 heteroatoms. The Morgan fingerprint density at radius 3 is 2.75 bits per heavy atom. The summed E-state index contributed by atoms with van der Waals surface area (Å²) in [6, 6.07) is 5.53. The second-order valence-corrected chi connectivity index (χ2v) is 3.52. The third kappa shape index (κ3) is 2.34. The van der Waals surface area contributed by atoms with Crippen molar-refractivity contribution in [1.29, 1.82) is 5.26 Å². The van der Waals surface area contributed by atoms with Crippen molar-refractivity contribution < 1.29 is 9.53 Å². The molecular formula is C12H12ClNO2. The topological polar surface area (TPSA) is 50.1 Å². The van der Waals surface area contributed by atoms with Crippen LogP contribution in [0.2, 0.25) is 0 Å². The van der Waals surface area contributed by atoms with E-state index in [9.17, 15) is 4.79 Å². The van der Waals surface area contributed by atoms with E-state index in [2.05, 4.69) is 0 Å². The van der Waals surface area contributed by atoms with Crippen LogP contribution in [0.15, 0.2) is 12.1 Å². The summed E-state index contributed by atoms with van der Waals surface area (Å²) in [5.41, 5.74) is 2.01. The van der Waals surface area contributed by atoms with Crippen LogP contribution in [0, 0.1) is 18.3 Å². The Kier molecular flexibility index (Phi) is 4.33. The third-order valence-electron chi connectivity index (χ3n) is 2.24. The van der Waals surface area contributed by atoms with Crippen molar-refractivity contribution in [3.8, 4) is 6.07 Å². The summed E-state index contributed by atoms with van der Waals surface area (Å²) in [6.07, 6.45) is 0. The largest absolute Gasteiger partial charge is 0.462 e. The van der Waals surface area contributed by atoms with Gasteiger partial charge < -0.3 is 4.74 Å². The molecule has 0 spiro atoms. The van der Waals surface area contributed by atoms with Crippen molar-refractivity contribution in [1.82, 2.24) is 0 Å². The van der Waals surface area contributed by atoms with Crippen LogP contribution < -0.4 is 0 Å². The molecule has 0 aliphatic rings. The maximum atomic E-state index is 11.7. The number of ether oxygens (including phenoxy) is 1. The lowest BCUT2D eigenvalue weighted by atomic mass is 9.98. The standard InChI is InChI=1S/C12H12ClNO2/c1-3-16-12(15)11-8(2)4-5-9(6-13)10(11)7-14/h4-5H,3,6H2,1-2H3. The summed E-state index contributed by atoms with van der Waals surface area (Å²) in [7, 11) is 0. The first-order valence-electron chi connectivity index (χ1n) is 4.91. The van der Waals surface area contributed by atoms with Gasteiger partial charge in [0.1, 0.15) is 6.07 Å². The van der Waals surface area contributed by atoms with Gasteiger partial charge in [0.05, 0.1) is 17.7 Å². The fourth-order valence-electron chi connectivity index (χ4n) is 1.46. The van der Waals surface area contributed by atoms with Crippen LogP contribution in [0.3, 0.4) is 0 Å². The molecule has 0 bridgehead atoms. The molecule has 3 nitrogen and oxygen atoms in total. The van der Waals surface area contributed by atoms with E-state index in [1.165, 1.54) is 0 Å². The predicted molar refractivity (Wildman–Crippen MR) is 61.4 cm³/mol. The maximum Gasteiger partial charge on any atom is 0.339 e. The molecule has 84 valence electrons. The SMILES string of the molecule is CCOC(=O)c1c(C)ccc(CCl)c1C#N. The summed E-state index contributed by atoms with van der Waals surface area (Å²) >= 11 is 5.71. The molecule has 0 aromatic heterocycles. The van der Waals surface area contributed by atoms with Gasteiger partial charge in [-0.05, 0) is 25.0 Å². The summed E-state index contributed by atoms with van der Waals surface area (Å²) in [5.74, 6) is -0.265. The van der Waals surface area contributed by atoms with Crippen LogP contribution in [0.4, 0.5) is 0 Å². The lowest BCUT2D eigenvalue weighted by Crippen LogP contribution is -2.10. The average Bonchev–Trinajstić information content (AvgIpc) is 2.28. The first-order chi connectivity index (χ1) is 7.65. The van der Waals surface area contributed by atoms with Gasteiger partial charge in [0.15, 0.2) is 0 Å². The van der Waals surface area contributed by atoms with Crippen LogP contribution in [-0.2, 0) is 10.6 Å². The lowest BCUT2D eigenvalue weighted by molar-refractivity contribution is 0.0525. The number of carbonyl (C=O) groups excluding carboxylic acids is 1. The Morgan fingerprint density at radius 2 is 2.25 bits per heavy atom. The minimum Gasteiger partial charge on any atom is -0.462 e. The minimum absolute atomic E-state index is 0.204. The Bertz CT molecular complexity index is 449. The third-order valence-corrected chi connectivity index (χ3v) is 2.52. The Hall–Kier alpha value is -1.53. The van der Waals surface area contributed by atoms with Crippen LogP contribution in [0.1, 0.15) is 34.0 Å². The number of carbonyl (C=O) groups is 1. The van der Waals surface area contributed by atoms with E-state index in [-0.39, 0.29) is 12.5 Å². The molecule has 0 saturated carbocycles. The second kappa shape index (κ2) is 5.53. The average molecular weight is 238 g/mol. The Balaban J connectivity index is 3.35. The highest BCUT2D eigenvalue weighted by atomic mass is 35.5. The molecule has 0 atom stereocenters. The van der Waals surface area contributed by atoms with E-state index < -0.39 is 5.97 Å². The summed E-state index contributed by atoms with van der Waals surface area (Å²) in [6.45, 7) is 3.78. The summed E-state index contributed by atoms with van der Waals surface area (Å²) < 4.78 is 4.92. The van der Waals surface area contributed by atoms with Crippen molar-refractivity contribution in [3.63, 3.8) is 0 Å². The highest BCUT2D eigenvalue weighted by Gasteiger charge is 2.18. The predicted octanol–water partition coefficient (Wildman–Crippen LogP) is 2.78. The van der Waals surface area contributed by atoms with Gasteiger partial charge in [0, 0.05) is 5.88 Å². The van der Waals surface area contributed by atoms with Crippen molar-refractivity contribution >= 4 is 17.6 Å². The normalized spacial score (nSPS) is 9.62. The molecule has 0 radical (unpaired) electrons. The molecule has 0 heterocycles. The Morgan fingerprint density at radius 1 is 1.56 bits per heavy atom. The smallest absolute Gasteiger partial charge is 0.339 e. The lowest BCUT2D eigenvalue weighted by Gasteiger charge is -2.09. The molecule has 0 N–H and O–H groups in total. The van der Waals surface area contributed by atoms with Crippen LogP contribution in [-0.4, -0.2) is 12.6 Å². The number of rotatable bonds is 3. The van der Waals surface area contributed by atoms with Crippen molar-refractivity contribution in [2.24, 2.45) is 0 Å². The number of nitriles is 1. The summed E-state index contributed by atoms with van der Waals surface area (Å²) in [4.78, 5) is 11.7. The summed E-state index contributed by atoms with van der Waals surface area (Å²) in [5, 5.41) is 9.06. The van der Waals surface area contributed by atoms with E-state index in [4.69, 9.17) is 21.6 Å². The zero-order chi connectivity index (χ0) is 12.1. The number of halogens is 1. The van der Waals surface area contributed by atoms with Crippen molar-refractivity contribution in [2.45, 2.75) is 19.7 Å². The molecule has 0 saturated heterocycles. The molecule has 1 aromatic rings. The highest BCUT2D eigenvalue weighted by Crippen LogP contribution is 2.20. The molecule has 16 heavy (non-hydrogen) atoms. The van der Waals surface area contributed by atoms with E-state index in [0.29, 0.717) is 16.7 Å². The monoisotopic (exact) mass is 237 g/mol. The number of nitrogens with zero attached hydrogens (tertiary/aromatic N) is 1. The molecule has 1 aromatic carbocycles. The van der Waals surface area contributed by atoms with Gasteiger partial charge in [0.25, 0.3) is 0 Å². The molecule has 0 amide bonds. The maximum absolute atomic E-state index is 11.7. The zero-order valence-corrected chi connectivity index (χ0v) is 9.97. The van der Waals surface area contributed by atoms with E-state index >= 15 is 0 Å². The van der Waals surface area contributed by atoms with Gasteiger partial charge in [-0.2, -0.15) is 5.26 Å². The van der Waals surface area contributed by atoms with Crippen LogP contribution in [0.25, 0.3) is 0 Å². The molecular weight excluding hydrogens is 226 g/mol. The zero-order valence-electron chi connectivity index (χ0n) is 9.21. The number of esters is 1. The number of hydrogen-bond donors (Lipinski definition) is 0. The van der Waals surface area contributed by atoms with Gasteiger partial charge >= 0.3 is 5.97 Å². The van der Waals surface area contributed by atoms with Gasteiger partial charge in [-0.25, -0.2) is 4.79 Å². The fourth-order valence-corrected chi connectivity index (χ4v) is 1.68. The second-order valence-electron chi connectivity index (χ2n) is 3.26. The number of benzene rings is 1. The number of alkyl halides is 1. The van der Waals surface area contributed by atoms with Crippen LogP contribution in [0.5, 0.6) is 0 Å². The molecule has 0 aliphatic heterocycles. The Labute approximate surface area is 99.6 Å². The van der Waals surface area contributed by atoms with Gasteiger partial charge in [-0.3, -0.25) is 0 Å². The van der Waals surface area contributed by atoms with Gasteiger partial charge in [0.2, 0.25) is 0 Å². The number of aryl methyl sites for hydroxylation is 1. The van der Waals surface area contributed by atoms with E-state index in [1.807, 2.05) is 6.07 Å². The quantitative estimate of drug-likeness (QED) is 0.600. The van der Waals surface area contributed by atoms with Gasteiger partial charge in [-0.15, -0.1) is 11.6 Å². The first kappa shape index (κ1) is 12.5. The van der Waals surface area contributed by atoms with E-state index in [0.717, 1.165) is 5.56 Å². The first-order valence-corrected chi connectivity index (χ1v) is 5.44. The highest BCUT2D eigenvalue weighted by molar-refractivity contribution is 6.17. The molecule has 1 rings (SSSR count). The molecule has 0 unspecified atom stereocenters. The number of hydrogen-bond acceptors (Lipinski definition) is 3. The van der Waals surface area contributed by atoms with Crippen molar-refractivity contribution in [3.05, 3.63) is 34.4 Å². The van der Waals surface area contributed by atoms with Gasteiger partial charge in [-0.1, -0.05) is 12.1 Å².